The molecule has 3 aromatic carbocycles. The topological polar surface area (TPSA) is 319 Å². The molecule has 0 saturated carbocycles. The van der Waals surface area contributed by atoms with Crippen molar-refractivity contribution in [3.05, 3.63) is 121 Å². The minimum absolute atomic E-state index is 0.00931. The average molecular weight is 1130 g/mol. The zero-order chi connectivity index (χ0) is 57.2. The molecule has 79 heavy (non-hydrogen) atoms. The average Bonchev–Trinajstić information content (AvgIpc) is 4.22. The van der Waals surface area contributed by atoms with Crippen molar-refractivity contribution in [1.29, 1.82) is 0 Å². The summed E-state index contributed by atoms with van der Waals surface area (Å²) in [5, 5.41) is 29.9. The van der Waals surface area contributed by atoms with Crippen LogP contribution in [0.25, 0.3) is 5.00 Å². The predicted octanol–water partition coefficient (Wildman–Crippen LogP) is 3.09. The van der Waals surface area contributed by atoms with E-state index in [0.29, 0.717) is 54.1 Å². The molecule has 0 aliphatic carbocycles. The summed E-state index contributed by atoms with van der Waals surface area (Å²) in [5.41, 5.74) is 9.41. The molecule has 22 nitrogen and oxygen atoms in total. The highest BCUT2D eigenvalue weighted by atomic mass is 35.5. The van der Waals surface area contributed by atoms with Crippen molar-refractivity contribution in [2.45, 2.75) is 90.0 Å². The number of alkyl halides is 3. The lowest BCUT2D eigenvalue weighted by atomic mass is 9.99. The Kier molecular flexibility index (Phi) is 16.7. The molecule has 0 bridgehead atoms. The SMILES string of the molecule is Cc1sc2c(c1C)C(c1ccc(Cl)cc1)=NC(CC(=O)CCCNc1cccc3c1C(=O)N(C1CCC(=O)NC1=O)C3=O)c1nnc(C)n1-2.O=C([O-])C(F)(F)F.[NH3+]CCNc1cccc2c1C(=O)N(C1CCC(=O)NC1=O)C2=O. The number of Topliss-reactive ketones (excluding diaryl/α,β-unsaturated/α-hetero) is 1. The fourth-order valence-corrected chi connectivity index (χ4v) is 10.8. The molecule has 7 heterocycles. The van der Waals surface area contributed by atoms with Crippen LogP contribution in [0.4, 0.5) is 24.5 Å². The number of imide groups is 4. The molecule has 27 heteroatoms. The van der Waals surface area contributed by atoms with Gasteiger partial charge in [0.15, 0.2) is 5.82 Å². The molecule has 2 fully saturated rings. The van der Waals surface area contributed by atoms with Gasteiger partial charge in [0.25, 0.3) is 23.6 Å². The maximum Gasteiger partial charge on any atom is 0.430 e. The minimum Gasteiger partial charge on any atom is -0.542 e. The standard InChI is InChI=1S/C35H32ClN7O5S.C15H16N4O4.C2HF3O2/c1-17-18(2)49-35-28(17)30(20-9-11-21(36)12-10-20)38-25(31-41-40-19(3)42(31)35)16-22(44)6-5-15-37-24-8-4-7-23-29(24)34(48)43(33(23)47)26-13-14-27(45)39-32(26)46;16-6-7-17-9-3-1-2-8-12(9)15(23)19(14(8)22)10-4-5-11(20)18-13(10)21;3-2(4,5)1(6)7/h4,7-12,25-26,37H,5-6,13-16H2,1-3H3,(H,39,45,46);1-3,10,17H,4-7,16H2,(H,18,20,21);(H,6,7). The number of benzene rings is 3. The summed E-state index contributed by atoms with van der Waals surface area (Å²) in [5.74, 6) is -5.95. The number of halogens is 4. The molecule has 8 amide bonds. The Morgan fingerprint density at radius 2 is 1.28 bits per heavy atom. The van der Waals surface area contributed by atoms with Crippen LogP contribution in [0.1, 0.15) is 126 Å². The summed E-state index contributed by atoms with van der Waals surface area (Å²) in [7, 11) is 0. The molecule has 5 aliphatic heterocycles. The number of fused-ring (bicyclic) bond motifs is 5. The number of hydrogen-bond donors (Lipinski definition) is 5. The number of aromatic nitrogens is 3. The number of ketones is 1. The first-order valence-corrected chi connectivity index (χ1v) is 25.8. The number of nitrogens with zero attached hydrogens (tertiary/aromatic N) is 6. The van der Waals surface area contributed by atoms with Crippen LogP contribution in [0.2, 0.25) is 5.02 Å². The van der Waals surface area contributed by atoms with Crippen molar-refractivity contribution in [1.82, 2.24) is 35.2 Å². The Morgan fingerprint density at radius 1 is 0.759 bits per heavy atom. The number of thiophene rings is 1. The lowest BCUT2D eigenvalue weighted by molar-refractivity contribution is -0.362. The van der Waals surface area contributed by atoms with Gasteiger partial charge in [0.2, 0.25) is 23.6 Å². The number of quaternary nitrogens is 1. The van der Waals surface area contributed by atoms with E-state index < -0.39 is 71.6 Å². The molecular formula is C52H49ClF3N11O11S. The second-order valence-electron chi connectivity index (χ2n) is 18.6. The zero-order valence-electron chi connectivity index (χ0n) is 42.4. The van der Waals surface area contributed by atoms with Crippen LogP contribution in [-0.2, 0) is 28.8 Å². The van der Waals surface area contributed by atoms with Gasteiger partial charge in [-0.2, -0.15) is 13.2 Å². The van der Waals surface area contributed by atoms with Crippen LogP contribution < -0.4 is 32.1 Å². The number of piperidine rings is 2. The number of rotatable bonds is 13. The van der Waals surface area contributed by atoms with Gasteiger partial charge in [0.1, 0.15) is 40.7 Å². The van der Waals surface area contributed by atoms with E-state index in [1.54, 1.807) is 47.7 Å². The quantitative estimate of drug-likeness (QED) is 0.0836. The number of carboxylic acids is 1. The molecule has 10 rings (SSSR count). The van der Waals surface area contributed by atoms with Crippen molar-refractivity contribution >= 4 is 99.0 Å². The Balaban J connectivity index is 0.000000226. The fourth-order valence-electron chi connectivity index (χ4n) is 9.51. The Morgan fingerprint density at radius 3 is 1.77 bits per heavy atom. The van der Waals surface area contributed by atoms with E-state index in [-0.39, 0.29) is 72.5 Å². The first-order valence-electron chi connectivity index (χ1n) is 24.6. The lowest BCUT2D eigenvalue weighted by Gasteiger charge is -2.27. The number of carbonyl (C=O) groups excluding carboxylic acids is 10. The van der Waals surface area contributed by atoms with Gasteiger partial charge in [-0.15, -0.1) is 21.5 Å². The second-order valence-corrected chi connectivity index (χ2v) is 20.2. The highest BCUT2D eigenvalue weighted by Crippen LogP contribution is 2.40. The third-order valence-electron chi connectivity index (χ3n) is 13.4. The highest BCUT2D eigenvalue weighted by molar-refractivity contribution is 7.15. The lowest BCUT2D eigenvalue weighted by Crippen LogP contribution is -2.54. The van der Waals surface area contributed by atoms with Gasteiger partial charge in [0, 0.05) is 64.6 Å². The first kappa shape index (κ1) is 56.7. The molecule has 5 aromatic rings. The highest BCUT2D eigenvalue weighted by Gasteiger charge is 2.47. The molecule has 0 radical (unpaired) electrons. The number of hydrogen-bond acceptors (Lipinski definition) is 17. The van der Waals surface area contributed by atoms with Crippen LogP contribution in [0, 0.1) is 20.8 Å². The monoisotopic (exact) mass is 1130 g/mol. The van der Waals surface area contributed by atoms with Crippen LogP contribution in [0.5, 0.6) is 0 Å². The molecule has 7 N–H and O–H groups in total. The number of aliphatic carboxylic acids is 1. The van der Waals surface area contributed by atoms with Gasteiger partial charge in [-0.3, -0.25) is 73.1 Å². The maximum atomic E-state index is 13.5. The van der Waals surface area contributed by atoms with Crippen LogP contribution >= 0.6 is 22.9 Å². The maximum absolute atomic E-state index is 13.5. The third kappa shape index (κ3) is 11.6. The normalized spacial score (nSPS) is 18.4. The number of aryl methyl sites for hydroxylation is 2. The van der Waals surface area contributed by atoms with Crippen molar-refractivity contribution < 1.29 is 72.0 Å². The van der Waals surface area contributed by atoms with Gasteiger partial charge in [-0.05, 0) is 82.0 Å². The van der Waals surface area contributed by atoms with Gasteiger partial charge < -0.3 is 26.3 Å². The van der Waals surface area contributed by atoms with Gasteiger partial charge in [-0.25, -0.2) is 0 Å². The summed E-state index contributed by atoms with van der Waals surface area (Å²) in [6.07, 6.45) is -3.99. The first-order chi connectivity index (χ1) is 37.5. The molecule has 0 spiro atoms. The van der Waals surface area contributed by atoms with Crippen LogP contribution in [-0.4, -0.2) is 127 Å². The third-order valence-corrected chi connectivity index (χ3v) is 14.8. The molecular weight excluding hydrogens is 1080 g/mol. The number of nitrogens with one attached hydrogen (secondary N) is 4. The van der Waals surface area contributed by atoms with E-state index in [9.17, 15) is 56.3 Å². The largest absolute Gasteiger partial charge is 0.542 e. The number of carboxylic acid groups (broad SMARTS) is 1. The van der Waals surface area contributed by atoms with Gasteiger partial charge in [-0.1, -0.05) is 35.9 Å². The van der Waals surface area contributed by atoms with Crippen molar-refractivity contribution in [2.75, 3.05) is 30.3 Å². The summed E-state index contributed by atoms with van der Waals surface area (Å²) in [6, 6.07) is 14.8. The van der Waals surface area contributed by atoms with E-state index in [1.807, 2.05) is 35.8 Å². The zero-order valence-corrected chi connectivity index (χ0v) is 44.0. The Bertz CT molecular complexity index is 3410. The summed E-state index contributed by atoms with van der Waals surface area (Å²) in [6.45, 7) is 7.60. The molecule has 3 atom stereocenters. The summed E-state index contributed by atoms with van der Waals surface area (Å²) in [4.78, 5) is 130. The summed E-state index contributed by atoms with van der Waals surface area (Å²) < 4.78 is 33.6. The smallest absolute Gasteiger partial charge is 0.430 e. The molecule has 412 valence electrons. The predicted molar refractivity (Wildman–Crippen MR) is 274 cm³/mol. The van der Waals surface area contributed by atoms with Crippen molar-refractivity contribution in [2.24, 2.45) is 4.99 Å². The van der Waals surface area contributed by atoms with Crippen molar-refractivity contribution in [3.8, 4) is 5.00 Å². The number of aliphatic imine (C=N–C) groups is 1. The fraction of sp³-hybridized carbons (Fsp3) is 0.327. The van der Waals surface area contributed by atoms with E-state index >= 15 is 0 Å². The molecule has 2 saturated heterocycles. The van der Waals surface area contributed by atoms with E-state index in [1.165, 1.54) is 0 Å². The number of amides is 8. The van der Waals surface area contributed by atoms with Crippen LogP contribution in [0.3, 0.4) is 0 Å². The Hall–Kier alpha value is -8.49. The second kappa shape index (κ2) is 23.2. The van der Waals surface area contributed by atoms with E-state index in [4.69, 9.17) is 26.5 Å². The summed E-state index contributed by atoms with van der Waals surface area (Å²) >= 11 is 7.86. The molecule has 2 aromatic heterocycles. The molecule has 5 aliphatic rings. The molecule has 3 unspecified atom stereocenters. The van der Waals surface area contributed by atoms with Crippen LogP contribution in [0.15, 0.2) is 65.7 Å². The van der Waals surface area contributed by atoms with Crippen molar-refractivity contribution in [3.63, 3.8) is 0 Å². The Labute approximate surface area is 455 Å². The van der Waals surface area contributed by atoms with E-state index in [2.05, 4.69) is 51.0 Å². The van der Waals surface area contributed by atoms with E-state index in [0.717, 1.165) is 42.1 Å². The minimum atomic E-state index is -5.19. The van der Waals surface area contributed by atoms with Gasteiger partial charge >= 0.3 is 6.18 Å². The van der Waals surface area contributed by atoms with Gasteiger partial charge in [0.05, 0.1) is 41.1 Å². The number of carbonyl (C=O) groups is 10. The number of anilines is 2.